The van der Waals surface area contributed by atoms with Crippen LogP contribution in [0.25, 0.3) is 11.4 Å². The Morgan fingerprint density at radius 3 is 2.77 bits per heavy atom. The Bertz CT molecular complexity index is 878. The zero-order valence-electron chi connectivity index (χ0n) is 14.7. The molecule has 3 rings (SSSR count). The highest BCUT2D eigenvalue weighted by Gasteiger charge is 2.23. The lowest BCUT2D eigenvalue weighted by Crippen LogP contribution is -2.25. The molecule has 0 aliphatic heterocycles. The number of carbonyl (C=O) groups is 1. The monoisotopic (exact) mass is 389 g/mol. The zero-order valence-corrected chi connectivity index (χ0v) is 16.3. The summed E-state index contributed by atoms with van der Waals surface area (Å²) in [5, 5.41) is 21.0. The number of hydrogen-bond acceptors (Lipinski definition) is 8. The molecule has 1 N–H and O–H groups in total. The Balaban J connectivity index is 1.78. The van der Waals surface area contributed by atoms with E-state index in [1.54, 1.807) is 12.4 Å². The molecule has 0 saturated heterocycles. The Morgan fingerprint density at radius 2 is 2.15 bits per heavy atom. The SMILES string of the molecule is CCC(Sc1nnc(-c2cccnc2)n1CC)C(=O)Nc1nnc(C)s1. The summed E-state index contributed by atoms with van der Waals surface area (Å²) in [6, 6.07) is 3.81. The quantitative estimate of drug-likeness (QED) is 0.620. The molecule has 0 spiro atoms. The maximum atomic E-state index is 12.6. The van der Waals surface area contributed by atoms with E-state index in [-0.39, 0.29) is 11.2 Å². The van der Waals surface area contributed by atoms with Crippen LogP contribution in [-0.2, 0) is 11.3 Å². The number of pyridine rings is 1. The summed E-state index contributed by atoms with van der Waals surface area (Å²) in [5.41, 5.74) is 0.899. The molecular formula is C16H19N7OS2. The van der Waals surface area contributed by atoms with Gasteiger partial charge in [-0.05, 0) is 32.4 Å². The number of rotatable bonds is 7. The number of aromatic nitrogens is 6. The lowest BCUT2D eigenvalue weighted by Gasteiger charge is -2.13. The van der Waals surface area contributed by atoms with Crippen molar-refractivity contribution in [1.82, 2.24) is 29.9 Å². The molecule has 1 unspecified atom stereocenters. The van der Waals surface area contributed by atoms with Crippen molar-refractivity contribution < 1.29 is 4.79 Å². The van der Waals surface area contributed by atoms with Gasteiger partial charge in [0, 0.05) is 24.5 Å². The van der Waals surface area contributed by atoms with Gasteiger partial charge in [-0.2, -0.15) is 0 Å². The predicted molar refractivity (Wildman–Crippen MR) is 102 cm³/mol. The van der Waals surface area contributed by atoms with Crippen molar-refractivity contribution in [3.8, 4) is 11.4 Å². The van der Waals surface area contributed by atoms with Gasteiger partial charge >= 0.3 is 0 Å². The normalized spacial score (nSPS) is 12.1. The van der Waals surface area contributed by atoms with E-state index in [1.165, 1.54) is 23.1 Å². The number of carbonyl (C=O) groups excluding carboxylic acids is 1. The second-order valence-electron chi connectivity index (χ2n) is 5.42. The van der Waals surface area contributed by atoms with Crippen LogP contribution in [0.1, 0.15) is 25.3 Å². The van der Waals surface area contributed by atoms with Gasteiger partial charge < -0.3 is 4.57 Å². The first-order valence-corrected chi connectivity index (χ1v) is 9.93. The fourth-order valence-corrected chi connectivity index (χ4v) is 3.96. The first-order chi connectivity index (χ1) is 12.6. The number of thioether (sulfide) groups is 1. The smallest absolute Gasteiger partial charge is 0.239 e. The zero-order chi connectivity index (χ0) is 18.5. The second-order valence-corrected chi connectivity index (χ2v) is 7.77. The Morgan fingerprint density at radius 1 is 1.31 bits per heavy atom. The molecule has 0 aliphatic carbocycles. The third-order valence-corrected chi connectivity index (χ3v) is 5.72. The lowest BCUT2D eigenvalue weighted by molar-refractivity contribution is -0.115. The summed E-state index contributed by atoms with van der Waals surface area (Å²) in [7, 11) is 0. The van der Waals surface area contributed by atoms with E-state index in [0.29, 0.717) is 23.3 Å². The molecule has 3 aromatic rings. The van der Waals surface area contributed by atoms with Gasteiger partial charge in [-0.25, -0.2) is 0 Å². The number of nitrogens with one attached hydrogen (secondary N) is 1. The van der Waals surface area contributed by atoms with Crippen molar-refractivity contribution in [3.05, 3.63) is 29.5 Å². The molecule has 0 aromatic carbocycles. The third kappa shape index (κ3) is 4.07. The average Bonchev–Trinajstić information content (AvgIpc) is 3.25. The number of hydrogen-bond donors (Lipinski definition) is 1. The summed E-state index contributed by atoms with van der Waals surface area (Å²) in [6.07, 6.45) is 4.14. The largest absolute Gasteiger partial charge is 0.302 e. The Hall–Kier alpha value is -2.33. The molecular weight excluding hydrogens is 370 g/mol. The molecule has 0 fully saturated rings. The standard InChI is InChI=1S/C16H19N7OS2/c1-4-12(14(24)18-15-21-19-10(3)25-15)26-16-22-20-13(23(16)5-2)11-7-6-8-17-9-11/h6-9,12H,4-5H2,1-3H3,(H,18,21,24). The maximum Gasteiger partial charge on any atom is 0.239 e. The lowest BCUT2D eigenvalue weighted by atomic mass is 10.3. The van der Waals surface area contributed by atoms with E-state index in [1.807, 2.05) is 37.5 Å². The van der Waals surface area contributed by atoms with Crippen LogP contribution in [0.2, 0.25) is 0 Å². The van der Waals surface area contributed by atoms with Gasteiger partial charge in [0.1, 0.15) is 5.01 Å². The van der Waals surface area contributed by atoms with Gasteiger partial charge in [-0.3, -0.25) is 15.1 Å². The van der Waals surface area contributed by atoms with Crippen LogP contribution in [0.5, 0.6) is 0 Å². The van der Waals surface area contributed by atoms with Crippen molar-refractivity contribution in [2.45, 2.75) is 44.1 Å². The Kier molecular flexibility index (Phi) is 5.94. The molecule has 0 radical (unpaired) electrons. The Labute approximate surface area is 159 Å². The topological polar surface area (TPSA) is 98.5 Å². The average molecular weight is 390 g/mol. The molecule has 1 atom stereocenters. The van der Waals surface area contributed by atoms with E-state index in [9.17, 15) is 4.79 Å². The fourth-order valence-electron chi connectivity index (χ4n) is 2.35. The summed E-state index contributed by atoms with van der Waals surface area (Å²) in [4.78, 5) is 16.7. The van der Waals surface area contributed by atoms with Crippen LogP contribution in [0.3, 0.4) is 0 Å². The van der Waals surface area contributed by atoms with Crippen LogP contribution in [0, 0.1) is 6.92 Å². The molecule has 0 saturated carbocycles. The minimum atomic E-state index is -0.296. The highest BCUT2D eigenvalue weighted by Crippen LogP contribution is 2.29. The molecule has 26 heavy (non-hydrogen) atoms. The van der Waals surface area contributed by atoms with Crippen molar-refractivity contribution in [1.29, 1.82) is 0 Å². The van der Waals surface area contributed by atoms with E-state index in [0.717, 1.165) is 16.4 Å². The van der Waals surface area contributed by atoms with Crippen LogP contribution in [0.4, 0.5) is 5.13 Å². The molecule has 0 aliphatic rings. The van der Waals surface area contributed by atoms with Gasteiger partial charge in [0.15, 0.2) is 11.0 Å². The number of anilines is 1. The van der Waals surface area contributed by atoms with Crippen molar-refractivity contribution in [2.75, 3.05) is 5.32 Å². The highest BCUT2D eigenvalue weighted by molar-refractivity contribution is 8.00. The summed E-state index contributed by atoms with van der Waals surface area (Å²) >= 11 is 2.76. The summed E-state index contributed by atoms with van der Waals surface area (Å²) < 4.78 is 1.99. The van der Waals surface area contributed by atoms with Gasteiger partial charge in [-0.1, -0.05) is 30.0 Å². The third-order valence-electron chi connectivity index (χ3n) is 3.62. The highest BCUT2D eigenvalue weighted by atomic mass is 32.2. The summed E-state index contributed by atoms with van der Waals surface area (Å²) in [5.74, 6) is 0.639. The second kappa shape index (κ2) is 8.37. The van der Waals surface area contributed by atoms with Gasteiger partial charge in [0.2, 0.25) is 11.0 Å². The van der Waals surface area contributed by atoms with E-state index in [4.69, 9.17) is 0 Å². The van der Waals surface area contributed by atoms with Crippen molar-refractivity contribution >= 4 is 34.1 Å². The van der Waals surface area contributed by atoms with Gasteiger partial charge in [0.05, 0.1) is 5.25 Å². The van der Waals surface area contributed by atoms with Crippen molar-refractivity contribution in [2.24, 2.45) is 0 Å². The maximum absolute atomic E-state index is 12.6. The van der Waals surface area contributed by atoms with Crippen LogP contribution in [-0.4, -0.2) is 41.1 Å². The molecule has 3 aromatic heterocycles. The number of amides is 1. The first kappa shape index (κ1) is 18.5. The predicted octanol–water partition coefficient (Wildman–Crippen LogP) is 3.03. The molecule has 3 heterocycles. The van der Waals surface area contributed by atoms with E-state index >= 15 is 0 Å². The minimum absolute atomic E-state index is 0.109. The molecule has 1 amide bonds. The van der Waals surface area contributed by atoms with Gasteiger partial charge in [-0.15, -0.1) is 20.4 Å². The number of aryl methyl sites for hydroxylation is 1. The fraction of sp³-hybridized carbons (Fsp3) is 0.375. The van der Waals surface area contributed by atoms with Gasteiger partial charge in [0.25, 0.3) is 0 Å². The van der Waals surface area contributed by atoms with Crippen LogP contribution >= 0.6 is 23.1 Å². The molecule has 136 valence electrons. The first-order valence-electron chi connectivity index (χ1n) is 8.23. The minimum Gasteiger partial charge on any atom is -0.302 e. The molecule has 8 nitrogen and oxygen atoms in total. The molecule has 10 heteroatoms. The molecule has 0 bridgehead atoms. The van der Waals surface area contributed by atoms with Crippen LogP contribution in [0.15, 0.2) is 29.7 Å². The van der Waals surface area contributed by atoms with E-state index in [2.05, 4.69) is 30.7 Å². The van der Waals surface area contributed by atoms with Crippen LogP contribution < -0.4 is 5.32 Å². The van der Waals surface area contributed by atoms with E-state index < -0.39 is 0 Å². The van der Waals surface area contributed by atoms with Crippen molar-refractivity contribution in [3.63, 3.8) is 0 Å². The summed E-state index contributed by atoms with van der Waals surface area (Å²) in [6.45, 7) is 6.55. The number of nitrogens with zero attached hydrogens (tertiary/aromatic N) is 6.